The van der Waals surface area contributed by atoms with E-state index in [1.54, 1.807) is 11.9 Å². The molecular weight excluding hydrogens is 216 g/mol. The highest BCUT2D eigenvalue weighted by molar-refractivity contribution is 5.93. The number of amides is 2. The number of rotatable bonds is 1. The molecule has 1 N–H and O–H groups in total. The lowest BCUT2D eigenvalue weighted by Gasteiger charge is -2.38. The normalized spacial score (nSPS) is 19.1. The molecule has 2 rings (SSSR count). The van der Waals surface area contributed by atoms with Gasteiger partial charge in [-0.2, -0.15) is 0 Å². The van der Waals surface area contributed by atoms with E-state index in [4.69, 9.17) is 4.74 Å². The lowest BCUT2D eigenvalue weighted by atomic mass is 10.1. The van der Waals surface area contributed by atoms with Crippen molar-refractivity contribution in [1.29, 1.82) is 0 Å². The monoisotopic (exact) mass is 234 g/mol. The molecule has 92 valence electrons. The van der Waals surface area contributed by atoms with E-state index in [-0.39, 0.29) is 18.2 Å². The van der Waals surface area contributed by atoms with Crippen LogP contribution in [0.15, 0.2) is 24.3 Å². The molecule has 2 amide bonds. The second-order valence-electron chi connectivity index (χ2n) is 4.50. The molecule has 1 heterocycles. The Hall–Kier alpha value is -1.55. The van der Waals surface area contributed by atoms with Crippen molar-refractivity contribution in [2.24, 2.45) is 5.92 Å². The second kappa shape index (κ2) is 4.75. The molecular formula is C13H18N2O2. The van der Waals surface area contributed by atoms with E-state index in [2.05, 4.69) is 19.2 Å². The van der Waals surface area contributed by atoms with Crippen LogP contribution >= 0.6 is 0 Å². The quantitative estimate of drug-likeness (QED) is 0.810. The Morgan fingerprint density at radius 2 is 2.18 bits per heavy atom. The Bertz CT molecular complexity index is 418. The lowest BCUT2D eigenvalue weighted by molar-refractivity contribution is 0.00476. The van der Waals surface area contributed by atoms with Gasteiger partial charge >= 0.3 is 6.03 Å². The van der Waals surface area contributed by atoms with Crippen LogP contribution < -0.4 is 10.2 Å². The summed E-state index contributed by atoms with van der Waals surface area (Å²) in [5.74, 6) is 0.251. The zero-order valence-corrected chi connectivity index (χ0v) is 10.4. The van der Waals surface area contributed by atoms with E-state index in [1.165, 1.54) is 0 Å². The summed E-state index contributed by atoms with van der Waals surface area (Å²) in [4.78, 5) is 13.7. The molecule has 1 aliphatic rings. The van der Waals surface area contributed by atoms with Crippen molar-refractivity contribution in [2.75, 3.05) is 11.9 Å². The van der Waals surface area contributed by atoms with Crippen LogP contribution in [0.5, 0.6) is 0 Å². The molecule has 1 aliphatic heterocycles. The summed E-state index contributed by atoms with van der Waals surface area (Å²) in [5, 5.41) is 2.67. The van der Waals surface area contributed by atoms with Gasteiger partial charge in [0.05, 0.1) is 12.3 Å². The number of carbonyl (C=O) groups excluding carboxylic acids is 1. The molecule has 0 spiro atoms. The number of hydrogen-bond acceptors (Lipinski definition) is 2. The number of para-hydroxylation sites is 1. The summed E-state index contributed by atoms with van der Waals surface area (Å²) >= 11 is 0. The molecule has 4 heteroatoms. The Morgan fingerprint density at radius 3 is 2.82 bits per heavy atom. The van der Waals surface area contributed by atoms with Gasteiger partial charge in [0.15, 0.2) is 0 Å². The zero-order chi connectivity index (χ0) is 12.4. The van der Waals surface area contributed by atoms with Gasteiger partial charge in [0.1, 0.15) is 6.23 Å². The minimum atomic E-state index is -0.204. The Balaban J connectivity index is 2.42. The number of carbonyl (C=O) groups is 1. The van der Waals surface area contributed by atoms with E-state index < -0.39 is 0 Å². The largest absolute Gasteiger partial charge is 0.353 e. The third-order valence-corrected chi connectivity index (χ3v) is 2.92. The van der Waals surface area contributed by atoms with Gasteiger partial charge in [-0.25, -0.2) is 4.79 Å². The number of nitrogens with one attached hydrogen (secondary N) is 1. The van der Waals surface area contributed by atoms with Crippen molar-refractivity contribution in [1.82, 2.24) is 5.32 Å². The highest BCUT2D eigenvalue weighted by Crippen LogP contribution is 2.31. The number of ether oxygens (including phenoxy) is 1. The maximum atomic E-state index is 12.0. The third kappa shape index (κ3) is 2.13. The Kier molecular flexibility index (Phi) is 3.33. The summed E-state index contributed by atoms with van der Waals surface area (Å²) in [7, 11) is 1.64. The maximum Gasteiger partial charge on any atom is 0.323 e. The van der Waals surface area contributed by atoms with Gasteiger partial charge in [0.2, 0.25) is 0 Å². The van der Waals surface area contributed by atoms with Gasteiger partial charge in [-0.15, -0.1) is 0 Å². The number of urea groups is 1. The molecule has 17 heavy (non-hydrogen) atoms. The van der Waals surface area contributed by atoms with E-state index in [1.807, 2.05) is 24.3 Å². The predicted molar refractivity (Wildman–Crippen MR) is 66.8 cm³/mol. The first-order valence-corrected chi connectivity index (χ1v) is 5.85. The average molecular weight is 234 g/mol. The second-order valence-corrected chi connectivity index (χ2v) is 4.50. The van der Waals surface area contributed by atoms with Crippen molar-refractivity contribution in [2.45, 2.75) is 26.7 Å². The molecule has 0 bridgehead atoms. The maximum absolute atomic E-state index is 12.0. The van der Waals surface area contributed by atoms with E-state index in [9.17, 15) is 4.79 Å². The van der Waals surface area contributed by atoms with Gasteiger partial charge in [-0.05, 0) is 12.0 Å². The highest BCUT2D eigenvalue weighted by Gasteiger charge is 2.32. The fourth-order valence-electron chi connectivity index (χ4n) is 2.09. The minimum absolute atomic E-state index is 0.129. The minimum Gasteiger partial charge on any atom is -0.353 e. The number of hydrogen-bond donors (Lipinski definition) is 1. The SMILES string of the molecule is CNC(=O)N1c2ccccc2COC1C(C)C. The first-order valence-electron chi connectivity index (χ1n) is 5.85. The fraction of sp³-hybridized carbons (Fsp3) is 0.462. The van der Waals surface area contributed by atoms with Crippen molar-refractivity contribution in [3.05, 3.63) is 29.8 Å². The zero-order valence-electron chi connectivity index (χ0n) is 10.4. The molecule has 0 aliphatic carbocycles. The molecule has 1 unspecified atom stereocenters. The van der Waals surface area contributed by atoms with Crippen molar-refractivity contribution in [3.63, 3.8) is 0 Å². The number of anilines is 1. The molecule has 1 aromatic rings. The summed E-state index contributed by atoms with van der Waals surface area (Å²) in [6, 6.07) is 7.72. The summed E-state index contributed by atoms with van der Waals surface area (Å²) in [6.45, 7) is 4.66. The number of nitrogens with zero attached hydrogens (tertiary/aromatic N) is 1. The molecule has 0 aromatic heterocycles. The Labute approximate surface area is 102 Å². The van der Waals surface area contributed by atoms with Crippen LogP contribution in [-0.2, 0) is 11.3 Å². The van der Waals surface area contributed by atoms with Crippen LogP contribution in [-0.4, -0.2) is 19.3 Å². The Morgan fingerprint density at radius 1 is 1.47 bits per heavy atom. The third-order valence-electron chi connectivity index (χ3n) is 2.92. The number of fused-ring (bicyclic) bond motifs is 1. The van der Waals surface area contributed by atoms with Crippen molar-refractivity contribution >= 4 is 11.7 Å². The number of benzene rings is 1. The molecule has 0 fully saturated rings. The molecule has 1 atom stereocenters. The van der Waals surface area contributed by atoms with E-state index in [0.717, 1.165) is 11.3 Å². The lowest BCUT2D eigenvalue weighted by Crippen LogP contribution is -2.51. The molecule has 4 nitrogen and oxygen atoms in total. The molecule has 0 radical (unpaired) electrons. The van der Waals surface area contributed by atoms with Gasteiger partial charge in [-0.1, -0.05) is 32.0 Å². The molecule has 0 saturated carbocycles. The predicted octanol–water partition coefficient (Wildman–Crippen LogP) is 2.34. The van der Waals surface area contributed by atoms with Crippen LogP contribution in [0, 0.1) is 5.92 Å². The van der Waals surface area contributed by atoms with E-state index in [0.29, 0.717) is 6.61 Å². The van der Waals surface area contributed by atoms with Gasteiger partial charge in [-0.3, -0.25) is 4.90 Å². The summed E-state index contributed by atoms with van der Waals surface area (Å²) in [6.07, 6.45) is -0.204. The van der Waals surface area contributed by atoms with Crippen LogP contribution in [0.25, 0.3) is 0 Å². The van der Waals surface area contributed by atoms with Gasteiger partial charge < -0.3 is 10.1 Å². The first kappa shape index (κ1) is 11.9. The van der Waals surface area contributed by atoms with E-state index >= 15 is 0 Å². The highest BCUT2D eigenvalue weighted by atomic mass is 16.5. The van der Waals surface area contributed by atoms with Crippen LogP contribution in [0.2, 0.25) is 0 Å². The van der Waals surface area contributed by atoms with Crippen molar-refractivity contribution < 1.29 is 9.53 Å². The van der Waals surface area contributed by atoms with Crippen molar-refractivity contribution in [3.8, 4) is 0 Å². The van der Waals surface area contributed by atoms with Gasteiger partial charge in [0, 0.05) is 12.6 Å². The summed E-state index contributed by atoms with van der Waals surface area (Å²) < 4.78 is 5.77. The first-order chi connectivity index (χ1) is 8.15. The van der Waals surface area contributed by atoms with Crippen LogP contribution in [0.1, 0.15) is 19.4 Å². The average Bonchev–Trinajstić information content (AvgIpc) is 2.36. The summed E-state index contributed by atoms with van der Waals surface area (Å²) in [5.41, 5.74) is 1.99. The smallest absolute Gasteiger partial charge is 0.323 e. The fourth-order valence-corrected chi connectivity index (χ4v) is 2.09. The topological polar surface area (TPSA) is 41.6 Å². The standard InChI is InChI=1S/C13H18N2O2/c1-9(2)12-15(13(16)14-3)11-7-5-4-6-10(11)8-17-12/h4-7,9,12H,8H2,1-3H3,(H,14,16). The van der Waals surface area contributed by atoms with Crippen LogP contribution in [0.4, 0.5) is 10.5 Å². The van der Waals surface area contributed by atoms with Crippen LogP contribution in [0.3, 0.4) is 0 Å². The molecule has 0 saturated heterocycles. The van der Waals surface area contributed by atoms with Gasteiger partial charge in [0.25, 0.3) is 0 Å². The molecule has 1 aromatic carbocycles.